The van der Waals surface area contributed by atoms with Crippen molar-refractivity contribution in [1.29, 1.82) is 0 Å². The molecule has 2 unspecified atom stereocenters. The largest absolute Gasteiger partial charge is 0.324 e. The molecule has 1 amide bonds. The molecule has 1 aromatic carbocycles. The first kappa shape index (κ1) is 15.9. The average molecular weight is 357 g/mol. The molecule has 1 aliphatic rings. The Labute approximate surface area is 133 Å². The van der Waals surface area contributed by atoms with E-state index in [1.54, 1.807) is 0 Å². The fraction of sp³-hybridized carbons (Fsp3) is 0.533. The quantitative estimate of drug-likeness (QED) is 0.845. The van der Waals surface area contributed by atoms with Crippen molar-refractivity contribution in [2.24, 2.45) is 0 Å². The summed E-state index contributed by atoms with van der Waals surface area (Å²) in [6.07, 6.45) is 7.16. The number of rotatable bonds is 5. The molecule has 5 heteroatoms. The molecule has 0 aliphatic heterocycles. The van der Waals surface area contributed by atoms with E-state index in [1.807, 2.05) is 36.0 Å². The second-order valence-corrected chi connectivity index (χ2v) is 7.01. The lowest BCUT2D eigenvalue weighted by molar-refractivity contribution is -0.115. The van der Waals surface area contributed by atoms with Crippen LogP contribution in [0.1, 0.15) is 25.7 Å². The van der Waals surface area contributed by atoms with Gasteiger partial charge in [0.25, 0.3) is 0 Å². The van der Waals surface area contributed by atoms with E-state index in [2.05, 4.69) is 32.8 Å². The van der Waals surface area contributed by atoms with Crippen molar-refractivity contribution in [2.45, 2.75) is 37.0 Å². The second kappa shape index (κ2) is 8.05. The van der Waals surface area contributed by atoms with Gasteiger partial charge in [-0.3, -0.25) is 4.79 Å². The van der Waals surface area contributed by atoms with E-state index >= 15 is 0 Å². The minimum atomic E-state index is 0.0160. The summed E-state index contributed by atoms with van der Waals surface area (Å²) < 4.78 is 0.910. The zero-order valence-corrected chi connectivity index (χ0v) is 14.1. The van der Waals surface area contributed by atoms with E-state index < -0.39 is 0 Å². The maximum absolute atomic E-state index is 12.0. The first-order chi connectivity index (χ1) is 9.70. The summed E-state index contributed by atoms with van der Waals surface area (Å²) in [6.45, 7) is 0.378. The van der Waals surface area contributed by atoms with Crippen LogP contribution in [0.3, 0.4) is 0 Å². The van der Waals surface area contributed by atoms with Gasteiger partial charge in [0.05, 0.1) is 12.2 Å². The third-order valence-corrected chi connectivity index (χ3v) is 5.54. The molecule has 0 saturated heterocycles. The van der Waals surface area contributed by atoms with Crippen molar-refractivity contribution in [3.63, 3.8) is 0 Å². The lowest BCUT2D eigenvalue weighted by Gasteiger charge is -2.30. The van der Waals surface area contributed by atoms with Crippen LogP contribution in [0.4, 0.5) is 5.69 Å². The van der Waals surface area contributed by atoms with Gasteiger partial charge in [-0.15, -0.1) is 0 Å². The molecule has 20 heavy (non-hydrogen) atoms. The molecule has 110 valence electrons. The molecule has 1 saturated carbocycles. The summed E-state index contributed by atoms with van der Waals surface area (Å²) in [6, 6.07) is 8.13. The van der Waals surface area contributed by atoms with E-state index in [0.29, 0.717) is 17.8 Å². The van der Waals surface area contributed by atoms with Crippen LogP contribution in [0.15, 0.2) is 28.7 Å². The summed E-state index contributed by atoms with van der Waals surface area (Å²) >= 11 is 5.35. The Balaban J connectivity index is 1.81. The minimum Gasteiger partial charge on any atom is -0.324 e. The van der Waals surface area contributed by atoms with Gasteiger partial charge in [0.15, 0.2) is 0 Å². The Morgan fingerprint density at radius 2 is 2.10 bits per heavy atom. The number of carbonyl (C=O) groups excluding carboxylic acids is 1. The Morgan fingerprint density at radius 1 is 1.35 bits per heavy atom. The van der Waals surface area contributed by atoms with Crippen LogP contribution < -0.4 is 10.6 Å². The summed E-state index contributed by atoms with van der Waals surface area (Å²) in [4.78, 5) is 12.0. The van der Waals surface area contributed by atoms with Crippen LogP contribution in [0.2, 0.25) is 0 Å². The average Bonchev–Trinajstić information content (AvgIpc) is 2.48. The lowest BCUT2D eigenvalue weighted by atomic mass is 9.95. The molecule has 2 N–H and O–H groups in total. The Hall–Kier alpha value is -0.520. The highest BCUT2D eigenvalue weighted by atomic mass is 79.9. The summed E-state index contributed by atoms with van der Waals surface area (Å²) in [7, 11) is 0. The molecule has 1 aromatic rings. The lowest BCUT2D eigenvalue weighted by Crippen LogP contribution is -2.43. The summed E-state index contributed by atoms with van der Waals surface area (Å²) in [5.74, 6) is 0.0160. The molecule has 0 spiro atoms. The van der Waals surface area contributed by atoms with E-state index in [4.69, 9.17) is 0 Å². The first-order valence-electron chi connectivity index (χ1n) is 7.01. The molecule has 3 nitrogen and oxygen atoms in total. The minimum absolute atomic E-state index is 0.0160. The zero-order valence-electron chi connectivity index (χ0n) is 11.7. The molecule has 1 aliphatic carbocycles. The Bertz CT molecular complexity index is 455. The van der Waals surface area contributed by atoms with Crippen molar-refractivity contribution in [3.8, 4) is 0 Å². The molecule has 0 radical (unpaired) electrons. The Morgan fingerprint density at radius 3 is 2.85 bits per heavy atom. The van der Waals surface area contributed by atoms with Crippen molar-refractivity contribution in [3.05, 3.63) is 28.7 Å². The van der Waals surface area contributed by atoms with E-state index in [1.165, 1.54) is 25.7 Å². The van der Waals surface area contributed by atoms with Crippen LogP contribution in [0, 0.1) is 0 Å². The van der Waals surface area contributed by atoms with Gasteiger partial charge in [-0.25, -0.2) is 0 Å². The van der Waals surface area contributed by atoms with Gasteiger partial charge in [-0.1, -0.05) is 25.0 Å². The van der Waals surface area contributed by atoms with Crippen molar-refractivity contribution < 1.29 is 4.79 Å². The van der Waals surface area contributed by atoms with E-state index in [-0.39, 0.29) is 5.91 Å². The fourth-order valence-corrected chi connectivity index (χ4v) is 3.94. The SMILES string of the molecule is CSC1CCCCC1NCC(=O)Nc1ccccc1Br. The van der Waals surface area contributed by atoms with Gasteiger partial charge in [-0.05, 0) is 47.2 Å². The molecule has 0 aromatic heterocycles. The third kappa shape index (κ3) is 4.50. The van der Waals surface area contributed by atoms with Crippen LogP contribution in [-0.2, 0) is 4.79 Å². The van der Waals surface area contributed by atoms with Gasteiger partial charge in [0.2, 0.25) is 5.91 Å². The Kier molecular flexibility index (Phi) is 6.39. The topological polar surface area (TPSA) is 41.1 Å². The van der Waals surface area contributed by atoms with E-state index in [0.717, 1.165) is 10.2 Å². The number of nitrogens with one attached hydrogen (secondary N) is 2. The maximum Gasteiger partial charge on any atom is 0.238 e. The smallest absolute Gasteiger partial charge is 0.238 e. The van der Waals surface area contributed by atoms with Gasteiger partial charge < -0.3 is 10.6 Å². The van der Waals surface area contributed by atoms with Crippen LogP contribution >= 0.6 is 27.7 Å². The van der Waals surface area contributed by atoms with Gasteiger partial charge in [0, 0.05) is 15.8 Å². The number of hydrogen-bond donors (Lipinski definition) is 2. The van der Waals surface area contributed by atoms with Crippen LogP contribution in [-0.4, -0.2) is 30.0 Å². The highest BCUT2D eigenvalue weighted by Gasteiger charge is 2.24. The summed E-state index contributed by atoms with van der Waals surface area (Å²) in [5, 5.41) is 6.98. The highest BCUT2D eigenvalue weighted by molar-refractivity contribution is 9.10. The number of carbonyl (C=O) groups is 1. The van der Waals surface area contributed by atoms with Crippen molar-refractivity contribution >= 4 is 39.3 Å². The number of hydrogen-bond acceptors (Lipinski definition) is 3. The predicted molar refractivity (Wildman–Crippen MR) is 90.3 cm³/mol. The predicted octanol–water partition coefficient (Wildman–Crippen LogP) is 3.65. The molecule has 0 bridgehead atoms. The normalized spacial score (nSPS) is 22.5. The molecule has 0 heterocycles. The summed E-state index contributed by atoms with van der Waals surface area (Å²) in [5.41, 5.74) is 0.823. The number of amides is 1. The number of anilines is 1. The van der Waals surface area contributed by atoms with Gasteiger partial charge in [-0.2, -0.15) is 11.8 Å². The standard InChI is InChI=1S/C15H21BrN2OS/c1-20-14-9-5-4-8-13(14)17-10-15(19)18-12-7-3-2-6-11(12)16/h2-3,6-7,13-14,17H,4-5,8-10H2,1H3,(H,18,19). The molecule has 1 fully saturated rings. The molecular weight excluding hydrogens is 336 g/mol. The van der Waals surface area contributed by atoms with Crippen LogP contribution in [0.5, 0.6) is 0 Å². The van der Waals surface area contributed by atoms with E-state index in [9.17, 15) is 4.79 Å². The second-order valence-electron chi connectivity index (χ2n) is 5.07. The fourth-order valence-electron chi connectivity index (χ4n) is 2.59. The molecule has 2 atom stereocenters. The third-order valence-electron chi connectivity index (χ3n) is 3.68. The zero-order chi connectivity index (χ0) is 14.4. The number of para-hydroxylation sites is 1. The monoisotopic (exact) mass is 356 g/mol. The molecule has 2 rings (SSSR count). The van der Waals surface area contributed by atoms with Crippen LogP contribution in [0.25, 0.3) is 0 Å². The maximum atomic E-state index is 12.0. The number of thioether (sulfide) groups is 1. The van der Waals surface area contributed by atoms with Crippen molar-refractivity contribution in [1.82, 2.24) is 5.32 Å². The van der Waals surface area contributed by atoms with Crippen molar-refractivity contribution in [2.75, 3.05) is 18.1 Å². The number of benzene rings is 1. The van der Waals surface area contributed by atoms with Gasteiger partial charge >= 0.3 is 0 Å². The van der Waals surface area contributed by atoms with Gasteiger partial charge in [0.1, 0.15) is 0 Å². The number of halogens is 1. The highest BCUT2D eigenvalue weighted by Crippen LogP contribution is 2.27. The first-order valence-corrected chi connectivity index (χ1v) is 9.09. The molecular formula is C15H21BrN2OS.